The number of nitrogens with zero attached hydrogens (tertiary/aromatic N) is 3. The first kappa shape index (κ1) is 26.9. The number of halogens is 4. The molecular weight excluding hydrogens is 555 g/mol. The Morgan fingerprint density at radius 3 is 2.48 bits per heavy atom. The minimum Gasteiger partial charge on any atom is -0.487 e. The van der Waals surface area contributed by atoms with Gasteiger partial charge >= 0.3 is 12.1 Å². The second kappa shape index (κ2) is 10.5. The number of rotatable bonds is 7. The van der Waals surface area contributed by atoms with Gasteiger partial charge in [-0.2, -0.15) is 18.3 Å². The highest BCUT2D eigenvalue weighted by atomic mass is 35.5. The SMILES string of the molecule is CN(C(=O)c1cccc(-n2nc(C(F)(F)F)c(Cl)c2COc2ccc(C(=O)O)cc2)c1)c1ccc2c(c1)OCO2. The van der Waals surface area contributed by atoms with Crippen LogP contribution in [-0.4, -0.2) is 40.6 Å². The predicted octanol–water partition coefficient (Wildman–Crippen LogP) is 5.83. The van der Waals surface area contributed by atoms with Crippen molar-refractivity contribution in [1.82, 2.24) is 9.78 Å². The molecule has 0 atom stereocenters. The lowest BCUT2D eigenvalue weighted by Gasteiger charge is -2.18. The lowest BCUT2D eigenvalue weighted by atomic mass is 10.1. The third-order valence-corrected chi connectivity index (χ3v) is 6.45. The number of carboxylic acids is 1. The van der Waals surface area contributed by atoms with Crippen LogP contribution in [0.4, 0.5) is 18.9 Å². The van der Waals surface area contributed by atoms with Gasteiger partial charge in [-0.05, 0) is 54.6 Å². The smallest absolute Gasteiger partial charge is 0.436 e. The number of hydrogen-bond donors (Lipinski definition) is 1. The van der Waals surface area contributed by atoms with Crippen LogP contribution >= 0.6 is 11.6 Å². The Labute approximate surface area is 229 Å². The lowest BCUT2D eigenvalue weighted by Crippen LogP contribution is -2.26. The monoisotopic (exact) mass is 573 g/mol. The van der Waals surface area contributed by atoms with E-state index in [-0.39, 0.29) is 35.1 Å². The molecule has 4 aromatic rings. The second-order valence-corrected chi connectivity index (χ2v) is 8.97. The highest BCUT2D eigenvalue weighted by Gasteiger charge is 2.39. The van der Waals surface area contributed by atoms with E-state index in [9.17, 15) is 22.8 Å². The molecule has 0 spiro atoms. The van der Waals surface area contributed by atoms with Gasteiger partial charge in [-0.25, -0.2) is 9.48 Å². The number of aromatic carboxylic acids is 1. The van der Waals surface area contributed by atoms with E-state index in [1.165, 1.54) is 53.4 Å². The number of ether oxygens (including phenoxy) is 3. The van der Waals surface area contributed by atoms with Crippen LogP contribution in [0.2, 0.25) is 5.02 Å². The molecule has 1 amide bonds. The topological polar surface area (TPSA) is 103 Å². The van der Waals surface area contributed by atoms with E-state index in [0.29, 0.717) is 17.2 Å². The molecule has 0 aliphatic carbocycles. The van der Waals surface area contributed by atoms with Gasteiger partial charge in [0.15, 0.2) is 17.2 Å². The number of amides is 1. The average molecular weight is 574 g/mol. The number of hydrogen-bond acceptors (Lipinski definition) is 6. The van der Waals surface area contributed by atoms with E-state index in [1.807, 2.05) is 0 Å². The van der Waals surface area contributed by atoms with Crippen LogP contribution in [0, 0.1) is 0 Å². The number of fused-ring (bicyclic) bond motifs is 1. The van der Waals surface area contributed by atoms with Crippen molar-refractivity contribution in [3.8, 4) is 22.9 Å². The first-order valence-corrected chi connectivity index (χ1v) is 12.0. The number of carboxylic acid groups (broad SMARTS) is 1. The minimum atomic E-state index is -4.85. The molecule has 0 bridgehead atoms. The Balaban J connectivity index is 1.45. The summed E-state index contributed by atoms with van der Waals surface area (Å²) in [7, 11) is 1.55. The molecule has 1 aliphatic heterocycles. The molecule has 13 heteroatoms. The summed E-state index contributed by atoms with van der Waals surface area (Å²) in [5.41, 5.74) is -0.588. The van der Waals surface area contributed by atoms with Crippen molar-refractivity contribution in [1.29, 1.82) is 0 Å². The van der Waals surface area contributed by atoms with E-state index in [2.05, 4.69) is 5.10 Å². The number of alkyl halides is 3. The Hall–Kier alpha value is -4.71. The fourth-order valence-electron chi connectivity index (χ4n) is 3.97. The van der Waals surface area contributed by atoms with Gasteiger partial charge in [0, 0.05) is 24.4 Å². The van der Waals surface area contributed by atoms with Crippen molar-refractivity contribution < 1.29 is 42.1 Å². The molecule has 0 radical (unpaired) electrons. The summed E-state index contributed by atoms with van der Waals surface area (Å²) in [4.78, 5) is 25.7. The molecule has 0 unspecified atom stereocenters. The Morgan fingerprint density at radius 2 is 1.77 bits per heavy atom. The molecule has 0 fully saturated rings. The first-order valence-electron chi connectivity index (χ1n) is 11.6. The largest absolute Gasteiger partial charge is 0.487 e. The number of carbonyl (C=O) groups is 2. The van der Waals surface area contributed by atoms with E-state index in [4.69, 9.17) is 30.9 Å². The molecular formula is C27H19ClF3N3O6. The molecule has 5 rings (SSSR count). The summed E-state index contributed by atoms with van der Waals surface area (Å²) in [6, 6.07) is 16.2. The highest BCUT2D eigenvalue weighted by Crippen LogP contribution is 2.38. The average Bonchev–Trinajstić information content (AvgIpc) is 3.55. The summed E-state index contributed by atoms with van der Waals surface area (Å²) in [6.07, 6.45) is -4.85. The summed E-state index contributed by atoms with van der Waals surface area (Å²) < 4.78 is 58.3. The maximum Gasteiger partial charge on any atom is 0.436 e. The van der Waals surface area contributed by atoms with Gasteiger partial charge in [-0.15, -0.1) is 0 Å². The van der Waals surface area contributed by atoms with Gasteiger partial charge in [0.2, 0.25) is 6.79 Å². The number of anilines is 1. The summed E-state index contributed by atoms with van der Waals surface area (Å²) >= 11 is 6.12. The van der Waals surface area contributed by atoms with Crippen molar-refractivity contribution >= 4 is 29.2 Å². The van der Waals surface area contributed by atoms with Crippen LogP contribution in [-0.2, 0) is 12.8 Å². The van der Waals surface area contributed by atoms with Gasteiger partial charge < -0.3 is 24.2 Å². The maximum absolute atomic E-state index is 13.7. The van der Waals surface area contributed by atoms with E-state index in [0.717, 1.165) is 4.68 Å². The van der Waals surface area contributed by atoms with Gasteiger partial charge in [0.1, 0.15) is 18.1 Å². The normalized spacial score (nSPS) is 12.3. The van der Waals surface area contributed by atoms with Gasteiger partial charge in [0.25, 0.3) is 5.91 Å². The first-order chi connectivity index (χ1) is 19.0. The molecule has 1 aliphatic rings. The zero-order chi connectivity index (χ0) is 28.6. The molecule has 3 aromatic carbocycles. The molecule has 206 valence electrons. The molecule has 0 saturated carbocycles. The second-order valence-electron chi connectivity index (χ2n) is 8.59. The van der Waals surface area contributed by atoms with Crippen LogP contribution < -0.4 is 19.1 Å². The van der Waals surface area contributed by atoms with E-state index in [1.54, 1.807) is 25.2 Å². The van der Waals surface area contributed by atoms with Crippen LogP contribution in [0.1, 0.15) is 32.1 Å². The Morgan fingerprint density at radius 1 is 1.05 bits per heavy atom. The summed E-state index contributed by atoms with van der Waals surface area (Å²) in [6.45, 7) is -0.353. The molecule has 2 heterocycles. The van der Waals surface area contributed by atoms with Gasteiger partial charge in [-0.3, -0.25) is 4.79 Å². The predicted molar refractivity (Wildman–Crippen MR) is 137 cm³/mol. The number of aromatic nitrogens is 2. The molecule has 40 heavy (non-hydrogen) atoms. The van der Waals surface area contributed by atoms with E-state index >= 15 is 0 Å². The van der Waals surface area contributed by atoms with Crippen LogP contribution in [0.3, 0.4) is 0 Å². The molecule has 0 saturated heterocycles. The quantitative estimate of drug-likeness (QED) is 0.297. The zero-order valence-corrected chi connectivity index (χ0v) is 21.4. The third-order valence-electron chi connectivity index (χ3n) is 6.05. The van der Waals surface area contributed by atoms with Gasteiger partial charge in [0.05, 0.1) is 16.3 Å². The number of benzene rings is 3. The van der Waals surface area contributed by atoms with Crippen LogP contribution in [0.25, 0.3) is 5.69 Å². The fraction of sp³-hybridized carbons (Fsp3) is 0.148. The van der Waals surface area contributed by atoms with Crippen LogP contribution in [0.15, 0.2) is 66.7 Å². The molecule has 1 N–H and O–H groups in total. The van der Waals surface area contributed by atoms with Crippen molar-refractivity contribution in [3.05, 3.63) is 94.3 Å². The van der Waals surface area contributed by atoms with E-state index < -0.39 is 35.4 Å². The van der Waals surface area contributed by atoms with Crippen molar-refractivity contribution in [2.75, 3.05) is 18.7 Å². The summed E-state index contributed by atoms with van der Waals surface area (Å²) in [5.74, 6) is -0.335. The number of carbonyl (C=O) groups excluding carboxylic acids is 1. The fourth-order valence-corrected chi connectivity index (χ4v) is 4.25. The van der Waals surface area contributed by atoms with Crippen LogP contribution in [0.5, 0.6) is 17.2 Å². The highest BCUT2D eigenvalue weighted by molar-refractivity contribution is 6.32. The lowest BCUT2D eigenvalue weighted by molar-refractivity contribution is -0.141. The van der Waals surface area contributed by atoms with Crippen molar-refractivity contribution in [3.63, 3.8) is 0 Å². The van der Waals surface area contributed by atoms with Crippen molar-refractivity contribution in [2.45, 2.75) is 12.8 Å². The molecule has 9 nitrogen and oxygen atoms in total. The maximum atomic E-state index is 13.7. The zero-order valence-electron chi connectivity index (χ0n) is 20.6. The Bertz CT molecular complexity index is 1600. The Kier molecular flexibility index (Phi) is 7.03. The standard InChI is InChI=1S/C27H19ClF3N3O6/c1-33(17-7-10-21-22(12-17)40-14-39-21)25(35)16-3-2-4-18(11-16)34-20(23(28)24(32-34)27(29,30)31)13-38-19-8-5-15(6-9-19)26(36)37/h2-12H,13-14H2,1H3,(H,36,37). The van der Waals surface area contributed by atoms with Crippen molar-refractivity contribution in [2.24, 2.45) is 0 Å². The summed E-state index contributed by atoms with van der Waals surface area (Å²) in [5, 5.41) is 12.1. The minimum absolute atomic E-state index is 0.0157. The third kappa shape index (κ3) is 5.25. The van der Waals surface area contributed by atoms with Gasteiger partial charge in [-0.1, -0.05) is 17.7 Å². The molecule has 1 aromatic heterocycles.